The van der Waals surface area contributed by atoms with Crippen molar-refractivity contribution >= 4 is 0 Å². The summed E-state index contributed by atoms with van der Waals surface area (Å²) < 4.78 is 24.0. The minimum Gasteiger partial charge on any atom is -0.505 e. The average Bonchev–Trinajstić information content (AvgIpc) is 2.45. The highest BCUT2D eigenvalue weighted by Gasteiger charge is 2.22. The zero-order valence-electron chi connectivity index (χ0n) is 11.3. The highest BCUT2D eigenvalue weighted by atomic mass is 19.1. The van der Waals surface area contributed by atoms with Gasteiger partial charge in [-0.2, -0.15) is 4.39 Å². The monoisotopic (exact) mass is 269 g/mol. The van der Waals surface area contributed by atoms with E-state index in [2.05, 4.69) is 5.32 Å². The molecule has 0 radical (unpaired) electrons. The van der Waals surface area contributed by atoms with Gasteiger partial charge in [0, 0.05) is 11.6 Å². The van der Waals surface area contributed by atoms with Gasteiger partial charge in [-0.15, -0.1) is 0 Å². The van der Waals surface area contributed by atoms with Crippen molar-refractivity contribution < 1.29 is 19.0 Å². The number of ether oxygens (including phenoxy) is 2. The van der Waals surface area contributed by atoms with Crippen molar-refractivity contribution in [2.24, 2.45) is 0 Å². The van der Waals surface area contributed by atoms with E-state index in [0.29, 0.717) is 17.7 Å². The standard InChI is InChI=1S/C14H20FNO3/c1-18-11-8-9(7-10-5-3-4-6-16-10)13(17)12(15)14(11)19-2/h8,10,16-17H,3-7H2,1-2H3. The maximum absolute atomic E-state index is 14.0. The van der Waals surface area contributed by atoms with Gasteiger partial charge in [-0.1, -0.05) is 6.42 Å². The van der Waals surface area contributed by atoms with Crippen molar-refractivity contribution in [2.45, 2.75) is 31.7 Å². The lowest BCUT2D eigenvalue weighted by Crippen LogP contribution is -2.35. The van der Waals surface area contributed by atoms with Crippen molar-refractivity contribution in [2.75, 3.05) is 20.8 Å². The van der Waals surface area contributed by atoms with E-state index in [9.17, 15) is 9.50 Å². The normalized spacial score (nSPS) is 19.2. The van der Waals surface area contributed by atoms with Crippen molar-refractivity contribution in [1.82, 2.24) is 5.32 Å². The minimum absolute atomic E-state index is 0.0552. The number of rotatable bonds is 4. The van der Waals surface area contributed by atoms with Crippen molar-refractivity contribution in [3.63, 3.8) is 0 Å². The van der Waals surface area contributed by atoms with Crippen LogP contribution in [0, 0.1) is 5.82 Å². The van der Waals surface area contributed by atoms with Crippen LogP contribution in [0.4, 0.5) is 4.39 Å². The predicted octanol–water partition coefficient (Wildman–Crippen LogP) is 2.23. The lowest BCUT2D eigenvalue weighted by molar-refractivity contribution is 0.322. The molecule has 19 heavy (non-hydrogen) atoms. The molecule has 0 bridgehead atoms. The number of phenolic OH excluding ortho intramolecular Hbond substituents is 1. The van der Waals surface area contributed by atoms with Crippen molar-refractivity contribution in [1.29, 1.82) is 0 Å². The number of hydrogen-bond acceptors (Lipinski definition) is 4. The van der Waals surface area contributed by atoms with Gasteiger partial charge in [-0.3, -0.25) is 0 Å². The first-order valence-corrected chi connectivity index (χ1v) is 6.53. The Hall–Kier alpha value is -1.49. The molecule has 0 amide bonds. The summed E-state index contributed by atoms with van der Waals surface area (Å²) >= 11 is 0. The number of piperidine rings is 1. The first-order valence-electron chi connectivity index (χ1n) is 6.53. The quantitative estimate of drug-likeness (QED) is 0.880. The van der Waals surface area contributed by atoms with Gasteiger partial charge in [0.25, 0.3) is 0 Å². The number of phenols is 1. The van der Waals surface area contributed by atoms with Crippen LogP contribution in [0.15, 0.2) is 6.07 Å². The Morgan fingerprint density at radius 1 is 1.37 bits per heavy atom. The topological polar surface area (TPSA) is 50.7 Å². The largest absolute Gasteiger partial charge is 0.505 e. The molecule has 1 fully saturated rings. The summed E-state index contributed by atoms with van der Waals surface area (Å²) in [5.41, 5.74) is 0.551. The van der Waals surface area contributed by atoms with Gasteiger partial charge in [0.2, 0.25) is 11.6 Å². The Labute approximate surface area is 112 Å². The molecule has 1 aliphatic heterocycles. The summed E-state index contributed by atoms with van der Waals surface area (Å²) in [7, 11) is 2.81. The van der Waals surface area contributed by atoms with Crippen LogP contribution in [0.3, 0.4) is 0 Å². The van der Waals surface area contributed by atoms with Crippen LogP contribution in [0.5, 0.6) is 17.2 Å². The van der Waals surface area contributed by atoms with Gasteiger partial charge < -0.3 is 19.9 Å². The second-order valence-electron chi connectivity index (χ2n) is 4.78. The smallest absolute Gasteiger partial charge is 0.210 e. The van der Waals surface area contributed by atoms with Crippen LogP contribution in [0.2, 0.25) is 0 Å². The number of methoxy groups -OCH3 is 2. The van der Waals surface area contributed by atoms with Gasteiger partial charge in [0.1, 0.15) is 0 Å². The van der Waals surface area contributed by atoms with Crippen LogP contribution in [0.1, 0.15) is 24.8 Å². The van der Waals surface area contributed by atoms with Gasteiger partial charge >= 0.3 is 0 Å². The molecule has 2 N–H and O–H groups in total. The van der Waals surface area contributed by atoms with Gasteiger partial charge in [0.15, 0.2) is 11.5 Å². The summed E-state index contributed by atoms with van der Waals surface area (Å²) in [6, 6.07) is 1.92. The average molecular weight is 269 g/mol. The fourth-order valence-corrected chi connectivity index (χ4v) is 2.51. The molecule has 1 unspecified atom stereocenters. The minimum atomic E-state index is -0.757. The molecule has 1 saturated heterocycles. The van der Waals surface area contributed by atoms with Gasteiger partial charge in [-0.05, 0) is 31.9 Å². The van der Waals surface area contributed by atoms with Crippen LogP contribution in [-0.4, -0.2) is 31.9 Å². The molecule has 0 spiro atoms. The van der Waals surface area contributed by atoms with Crippen LogP contribution < -0.4 is 14.8 Å². The van der Waals surface area contributed by atoms with E-state index in [4.69, 9.17) is 9.47 Å². The third-order valence-corrected chi connectivity index (χ3v) is 3.54. The fraction of sp³-hybridized carbons (Fsp3) is 0.571. The Balaban J connectivity index is 2.26. The van der Waals surface area contributed by atoms with Crippen LogP contribution >= 0.6 is 0 Å². The lowest BCUT2D eigenvalue weighted by Gasteiger charge is -2.24. The summed E-state index contributed by atoms with van der Waals surface area (Å²) in [5, 5.41) is 13.3. The molecule has 0 aliphatic carbocycles. The van der Waals surface area contributed by atoms with Crippen LogP contribution in [-0.2, 0) is 6.42 Å². The molecule has 4 nitrogen and oxygen atoms in total. The summed E-state index contributed by atoms with van der Waals surface area (Å²) in [6.45, 7) is 0.973. The highest BCUT2D eigenvalue weighted by molar-refractivity contribution is 5.51. The number of aromatic hydroxyl groups is 1. The molecule has 1 heterocycles. The first-order chi connectivity index (χ1) is 9.17. The molecule has 1 aliphatic rings. The zero-order chi connectivity index (χ0) is 13.8. The number of hydrogen-bond donors (Lipinski definition) is 2. The maximum Gasteiger partial charge on any atom is 0.210 e. The second-order valence-corrected chi connectivity index (χ2v) is 4.78. The van der Waals surface area contributed by atoms with E-state index in [1.807, 2.05) is 0 Å². The predicted molar refractivity (Wildman–Crippen MR) is 70.5 cm³/mol. The van der Waals surface area contributed by atoms with E-state index in [1.165, 1.54) is 20.6 Å². The molecule has 0 aromatic heterocycles. The molecular formula is C14H20FNO3. The third-order valence-electron chi connectivity index (χ3n) is 3.54. The molecule has 0 saturated carbocycles. The zero-order valence-corrected chi connectivity index (χ0v) is 11.3. The van der Waals surface area contributed by atoms with Gasteiger partial charge in [-0.25, -0.2) is 0 Å². The lowest BCUT2D eigenvalue weighted by atomic mass is 9.97. The molecule has 2 rings (SSSR count). The Morgan fingerprint density at radius 3 is 2.74 bits per heavy atom. The molecule has 1 aromatic carbocycles. The van der Waals surface area contributed by atoms with E-state index < -0.39 is 5.82 Å². The number of benzene rings is 1. The molecule has 106 valence electrons. The fourth-order valence-electron chi connectivity index (χ4n) is 2.51. The van der Waals surface area contributed by atoms with E-state index in [0.717, 1.165) is 19.4 Å². The molecule has 1 aromatic rings. The SMILES string of the molecule is COc1cc(CC2CCCCN2)c(O)c(F)c1OC. The number of nitrogens with one attached hydrogen (secondary N) is 1. The third kappa shape index (κ3) is 2.92. The second kappa shape index (κ2) is 6.10. The molecule has 5 heteroatoms. The van der Waals surface area contributed by atoms with Gasteiger partial charge in [0.05, 0.1) is 14.2 Å². The Bertz CT molecular complexity index is 445. The van der Waals surface area contributed by atoms with Crippen LogP contribution in [0.25, 0.3) is 0 Å². The first kappa shape index (κ1) is 13.9. The van der Waals surface area contributed by atoms with E-state index >= 15 is 0 Å². The summed E-state index contributed by atoms with van der Waals surface area (Å²) in [6.07, 6.45) is 3.95. The maximum atomic E-state index is 14.0. The summed E-state index contributed by atoms with van der Waals surface area (Å²) in [5.74, 6) is -0.846. The Kier molecular flexibility index (Phi) is 4.47. The molecule has 1 atom stereocenters. The highest BCUT2D eigenvalue weighted by Crippen LogP contribution is 2.38. The summed E-state index contributed by atoms with van der Waals surface area (Å²) in [4.78, 5) is 0. The van der Waals surface area contributed by atoms with Crippen molar-refractivity contribution in [3.05, 3.63) is 17.4 Å². The molecular weight excluding hydrogens is 249 g/mol. The number of halogens is 1. The Morgan fingerprint density at radius 2 is 2.16 bits per heavy atom. The van der Waals surface area contributed by atoms with Crippen molar-refractivity contribution in [3.8, 4) is 17.2 Å². The van der Waals surface area contributed by atoms with E-state index in [-0.39, 0.29) is 17.5 Å². The van der Waals surface area contributed by atoms with E-state index in [1.54, 1.807) is 6.07 Å².